The van der Waals surface area contributed by atoms with Gasteiger partial charge in [0.2, 0.25) is 0 Å². The third kappa shape index (κ3) is 2.06. The monoisotopic (exact) mass is 261 g/mol. The second kappa shape index (κ2) is 4.38. The van der Waals surface area contributed by atoms with E-state index in [0.29, 0.717) is 5.82 Å². The van der Waals surface area contributed by atoms with E-state index < -0.39 is 5.97 Å². The van der Waals surface area contributed by atoms with Crippen molar-refractivity contribution in [3.05, 3.63) is 34.5 Å². The van der Waals surface area contributed by atoms with Crippen LogP contribution in [-0.4, -0.2) is 21.0 Å². The van der Waals surface area contributed by atoms with Crippen molar-refractivity contribution >= 4 is 28.3 Å². The number of thiazole rings is 1. The Bertz CT molecular complexity index is 588. The Morgan fingerprint density at radius 2 is 2.33 bits per heavy atom. The number of nitrogens with zero attached hydrogens (tertiary/aromatic N) is 2. The summed E-state index contributed by atoms with van der Waals surface area (Å²) in [6.45, 7) is 0. The molecule has 0 atom stereocenters. The molecule has 0 saturated carbocycles. The van der Waals surface area contributed by atoms with Gasteiger partial charge in [0, 0.05) is 11.1 Å². The molecule has 0 aromatic carbocycles. The van der Waals surface area contributed by atoms with Crippen molar-refractivity contribution in [2.75, 3.05) is 5.32 Å². The fourth-order valence-corrected chi connectivity index (χ4v) is 3.04. The predicted molar refractivity (Wildman–Crippen MR) is 68.6 cm³/mol. The molecule has 1 aliphatic rings. The number of fused-ring (bicyclic) bond motifs is 1. The lowest BCUT2D eigenvalue weighted by atomic mass is 10.3. The van der Waals surface area contributed by atoms with E-state index >= 15 is 0 Å². The van der Waals surface area contributed by atoms with Crippen LogP contribution in [0.15, 0.2) is 18.3 Å². The molecule has 18 heavy (non-hydrogen) atoms. The first-order chi connectivity index (χ1) is 8.72. The van der Waals surface area contributed by atoms with E-state index in [1.807, 2.05) is 0 Å². The average Bonchev–Trinajstić information content (AvgIpc) is 2.90. The average molecular weight is 261 g/mol. The van der Waals surface area contributed by atoms with Crippen molar-refractivity contribution in [2.24, 2.45) is 0 Å². The molecule has 2 N–H and O–H groups in total. The van der Waals surface area contributed by atoms with Gasteiger partial charge in [0.1, 0.15) is 5.82 Å². The summed E-state index contributed by atoms with van der Waals surface area (Å²) in [7, 11) is 0. The van der Waals surface area contributed by atoms with Crippen LogP contribution < -0.4 is 5.32 Å². The number of carboxylic acids is 1. The molecule has 92 valence electrons. The van der Waals surface area contributed by atoms with E-state index in [1.54, 1.807) is 11.3 Å². The van der Waals surface area contributed by atoms with Gasteiger partial charge in [-0.2, -0.15) is 0 Å². The van der Waals surface area contributed by atoms with Gasteiger partial charge in [-0.3, -0.25) is 0 Å². The topological polar surface area (TPSA) is 75.1 Å². The van der Waals surface area contributed by atoms with Crippen LogP contribution in [0.2, 0.25) is 0 Å². The number of aryl methyl sites for hydroxylation is 2. The number of aromatic nitrogens is 2. The van der Waals surface area contributed by atoms with E-state index in [1.165, 1.54) is 29.6 Å². The lowest BCUT2D eigenvalue weighted by Crippen LogP contribution is -1.99. The third-order valence-electron chi connectivity index (χ3n) is 2.84. The largest absolute Gasteiger partial charge is 0.478 e. The highest BCUT2D eigenvalue weighted by Crippen LogP contribution is 2.31. The lowest BCUT2D eigenvalue weighted by molar-refractivity contribution is 0.0697. The maximum atomic E-state index is 10.9. The maximum Gasteiger partial charge on any atom is 0.335 e. The minimum atomic E-state index is -0.956. The number of rotatable bonds is 3. The summed E-state index contributed by atoms with van der Waals surface area (Å²) in [5.41, 5.74) is 1.38. The molecule has 0 fully saturated rings. The molecule has 0 spiro atoms. The smallest absolute Gasteiger partial charge is 0.335 e. The van der Waals surface area contributed by atoms with Crippen molar-refractivity contribution in [1.29, 1.82) is 0 Å². The number of carboxylic acid groups (broad SMARTS) is 1. The summed E-state index contributed by atoms with van der Waals surface area (Å²) in [5.74, 6) is -0.440. The van der Waals surface area contributed by atoms with Crippen molar-refractivity contribution in [3.8, 4) is 0 Å². The maximum absolute atomic E-state index is 10.9. The van der Waals surface area contributed by atoms with Crippen LogP contribution in [0.4, 0.5) is 10.9 Å². The number of aromatic carboxylic acids is 1. The molecule has 3 rings (SSSR count). The number of pyridine rings is 1. The Morgan fingerprint density at radius 3 is 3.11 bits per heavy atom. The zero-order valence-corrected chi connectivity index (χ0v) is 10.3. The van der Waals surface area contributed by atoms with E-state index in [0.717, 1.165) is 23.7 Å². The molecule has 0 aliphatic heterocycles. The van der Waals surface area contributed by atoms with Gasteiger partial charge < -0.3 is 10.4 Å². The summed E-state index contributed by atoms with van der Waals surface area (Å²) in [5, 5.41) is 12.8. The molecule has 0 bridgehead atoms. The van der Waals surface area contributed by atoms with Crippen molar-refractivity contribution < 1.29 is 9.90 Å². The number of hydrogen-bond acceptors (Lipinski definition) is 5. The van der Waals surface area contributed by atoms with Gasteiger partial charge in [-0.05, 0) is 31.4 Å². The summed E-state index contributed by atoms with van der Waals surface area (Å²) in [6, 6.07) is 2.98. The molecule has 0 saturated heterocycles. The van der Waals surface area contributed by atoms with Crippen molar-refractivity contribution in [2.45, 2.75) is 19.3 Å². The predicted octanol–water partition coefficient (Wildman–Crippen LogP) is 2.47. The van der Waals surface area contributed by atoms with Crippen LogP contribution in [0.3, 0.4) is 0 Å². The molecular weight excluding hydrogens is 250 g/mol. The fourth-order valence-electron chi connectivity index (χ4n) is 1.99. The highest BCUT2D eigenvalue weighted by Gasteiger charge is 2.17. The first-order valence-corrected chi connectivity index (χ1v) is 6.49. The zero-order valence-electron chi connectivity index (χ0n) is 9.51. The molecule has 2 heterocycles. The van der Waals surface area contributed by atoms with E-state index in [2.05, 4.69) is 15.3 Å². The number of carbonyl (C=O) groups is 1. The van der Waals surface area contributed by atoms with Crippen molar-refractivity contribution in [1.82, 2.24) is 9.97 Å². The van der Waals surface area contributed by atoms with Gasteiger partial charge in [-0.15, -0.1) is 11.3 Å². The van der Waals surface area contributed by atoms with Crippen LogP contribution in [-0.2, 0) is 12.8 Å². The second-order valence-electron chi connectivity index (χ2n) is 4.10. The van der Waals surface area contributed by atoms with Gasteiger partial charge in [-0.1, -0.05) is 0 Å². The van der Waals surface area contributed by atoms with Gasteiger partial charge in [0.15, 0.2) is 5.13 Å². The van der Waals surface area contributed by atoms with E-state index in [9.17, 15) is 4.79 Å². The summed E-state index contributed by atoms with van der Waals surface area (Å²) in [4.78, 5) is 20.7. The molecule has 5 nitrogen and oxygen atoms in total. The van der Waals surface area contributed by atoms with Gasteiger partial charge >= 0.3 is 5.97 Å². The third-order valence-corrected chi connectivity index (χ3v) is 3.91. The molecule has 2 aromatic rings. The van der Waals surface area contributed by atoms with Gasteiger partial charge in [-0.25, -0.2) is 14.8 Å². The molecular formula is C12H11N3O2S. The van der Waals surface area contributed by atoms with Crippen LogP contribution in [0.25, 0.3) is 0 Å². The Morgan fingerprint density at radius 1 is 1.44 bits per heavy atom. The quantitative estimate of drug-likeness (QED) is 0.887. The van der Waals surface area contributed by atoms with Crippen LogP contribution in [0.1, 0.15) is 27.3 Å². The lowest BCUT2D eigenvalue weighted by Gasteiger charge is -2.02. The minimum Gasteiger partial charge on any atom is -0.478 e. The molecule has 6 heteroatoms. The highest BCUT2D eigenvalue weighted by molar-refractivity contribution is 7.15. The SMILES string of the molecule is O=C(O)c1ccnc(Nc2nc3c(s2)CCC3)c1. The molecule has 0 amide bonds. The van der Waals surface area contributed by atoms with E-state index in [-0.39, 0.29) is 5.56 Å². The molecule has 0 unspecified atom stereocenters. The van der Waals surface area contributed by atoms with E-state index in [4.69, 9.17) is 5.11 Å². The Kier molecular flexibility index (Phi) is 2.71. The number of nitrogens with one attached hydrogen (secondary N) is 1. The van der Waals surface area contributed by atoms with Crippen LogP contribution in [0.5, 0.6) is 0 Å². The van der Waals surface area contributed by atoms with Crippen LogP contribution >= 0.6 is 11.3 Å². The first kappa shape index (κ1) is 11.2. The Balaban J connectivity index is 1.83. The van der Waals surface area contributed by atoms with Crippen molar-refractivity contribution in [3.63, 3.8) is 0 Å². The minimum absolute atomic E-state index is 0.219. The number of anilines is 2. The highest BCUT2D eigenvalue weighted by atomic mass is 32.1. The second-order valence-corrected chi connectivity index (χ2v) is 5.19. The molecule has 2 aromatic heterocycles. The number of hydrogen-bond donors (Lipinski definition) is 2. The normalized spacial score (nSPS) is 13.3. The Hall–Kier alpha value is -1.95. The first-order valence-electron chi connectivity index (χ1n) is 5.67. The zero-order chi connectivity index (χ0) is 12.5. The standard InChI is InChI=1S/C12H11N3O2S/c16-11(17)7-4-5-13-10(6-7)15-12-14-8-2-1-3-9(8)18-12/h4-6H,1-3H2,(H,16,17)(H,13,14,15). The molecule has 0 radical (unpaired) electrons. The fraction of sp³-hybridized carbons (Fsp3) is 0.250. The van der Waals surface area contributed by atoms with Gasteiger partial charge in [0.05, 0.1) is 11.3 Å². The molecule has 1 aliphatic carbocycles. The van der Waals surface area contributed by atoms with Crippen LogP contribution in [0, 0.1) is 0 Å². The summed E-state index contributed by atoms with van der Waals surface area (Å²) >= 11 is 1.62. The summed E-state index contributed by atoms with van der Waals surface area (Å²) in [6.07, 6.45) is 4.79. The summed E-state index contributed by atoms with van der Waals surface area (Å²) < 4.78 is 0. The van der Waals surface area contributed by atoms with Gasteiger partial charge in [0.25, 0.3) is 0 Å². The Labute approximate surface area is 108 Å².